The summed E-state index contributed by atoms with van der Waals surface area (Å²) in [5.74, 6) is -0.126. The van der Waals surface area contributed by atoms with E-state index in [0.29, 0.717) is 17.8 Å². The second-order valence-corrected chi connectivity index (χ2v) is 5.95. The maximum Gasteiger partial charge on any atom is 0.251 e. The van der Waals surface area contributed by atoms with Crippen molar-refractivity contribution in [2.75, 3.05) is 5.73 Å². The van der Waals surface area contributed by atoms with Crippen molar-refractivity contribution in [2.24, 2.45) is 0 Å². The van der Waals surface area contributed by atoms with Crippen LogP contribution in [0.4, 0.5) is 5.69 Å². The number of carbonyl (C=O) groups excluding carboxylic acids is 1. The molecule has 0 saturated carbocycles. The van der Waals surface area contributed by atoms with Crippen LogP contribution >= 0.6 is 11.3 Å². The number of nitrogens with two attached hydrogens (primary N) is 1. The lowest BCUT2D eigenvalue weighted by molar-refractivity contribution is 0.0950. The number of aryl methyl sites for hydroxylation is 1. The number of rotatable bonds is 3. The number of nitrogens with zero attached hydrogens (tertiary/aromatic N) is 1. The highest BCUT2D eigenvalue weighted by molar-refractivity contribution is 7.18. The molecule has 0 radical (unpaired) electrons. The first-order valence-corrected chi connectivity index (χ1v) is 7.44. The number of para-hydroxylation sites is 1. The monoisotopic (exact) mass is 297 g/mol. The predicted molar refractivity (Wildman–Crippen MR) is 86.4 cm³/mol. The van der Waals surface area contributed by atoms with Crippen molar-refractivity contribution >= 4 is 33.1 Å². The van der Waals surface area contributed by atoms with E-state index < -0.39 is 0 Å². The number of hydrogen-bond acceptors (Lipinski definition) is 4. The molecule has 106 valence electrons. The summed E-state index contributed by atoms with van der Waals surface area (Å²) in [4.78, 5) is 16.7. The van der Waals surface area contributed by atoms with Crippen LogP contribution < -0.4 is 11.1 Å². The zero-order chi connectivity index (χ0) is 14.8. The summed E-state index contributed by atoms with van der Waals surface area (Å²) in [7, 11) is 0. The third kappa shape index (κ3) is 2.87. The predicted octanol–water partition coefficient (Wildman–Crippen LogP) is 3.12. The summed E-state index contributed by atoms with van der Waals surface area (Å²) in [6, 6.07) is 13.3. The van der Waals surface area contributed by atoms with Crippen molar-refractivity contribution in [3.8, 4) is 0 Å². The van der Waals surface area contributed by atoms with Crippen LogP contribution in [0.25, 0.3) is 10.2 Å². The molecule has 1 heterocycles. The van der Waals surface area contributed by atoms with Gasteiger partial charge >= 0.3 is 0 Å². The van der Waals surface area contributed by atoms with Gasteiger partial charge in [-0.25, -0.2) is 4.98 Å². The van der Waals surface area contributed by atoms with E-state index in [1.165, 1.54) is 0 Å². The van der Waals surface area contributed by atoms with Crippen LogP contribution in [-0.2, 0) is 6.54 Å². The van der Waals surface area contributed by atoms with Crippen LogP contribution in [0.15, 0.2) is 42.5 Å². The molecule has 0 aliphatic rings. The highest BCUT2D eigenvalue weighted by Crippen LogP contribution is 2.21. The second kappa shape index (κ2) is 5.54. The van der Waals surface area contributed by atoms with E-state index in [4.69, 9.17) is 5.73 Å². The first-order valence-electron chi connectivity index (χ1n) is 6.62. The first kappa shape index (κ1) is 13.6. The number of nitrogen functional groups attached to an aromatic ring is 1. The number of nitrogens with one attached hydrogen (secondary N) is 1. The Kier molecular flexibility index (Phi) is 3.58. The van der Waals surface area contributed by atoms with Gasteiger partial charge < -0.3 is 11.1 Å². The minimum absolute atomic E-state index is 0.126. The Bertz CT molecular complexity index is 777. The molecule has 0 spiro atoms. The molecule has 0 saturated heterocycles. The zero-order valence-electron chi connectivity index (χ0n) is 11.6. The standard InChI is InChI=1S/C16H15N3OS/c1-10-6-7-11(17)8-12(10)16(20)18-9-15-19-13-4-2-3-5-14(13)21-15/h2-8H,9,17H2,1H3,(H,18,20). The molecular formula is C16H15N3OS. The van der Waals surface area contributed by atoms with Crippen molar-refractivity contribution in [2.45, 2.75) is 13.5 Å². The molecule has 1 aromatic heterocycles. The minimum atomic E-state index is -0.126. The van der Waals surface area contributed by atoms with E-state index >= 15 is 0 Å². The van der Waals surface area contributed by atoms with E-state index in [1.54, 1.807) is 23.5 Å². The second-order valence-electron chi connectivity index (χ2n) is 4.83. The maximum atomic E-state index is 12.2. The SMILES string of the molecule is Cc1ccc(N)cc1C(=O)NCc1nc2ccccc2s1. The lowest BCUT2D eigenvalue weighted by atomic mass is 10.1. The van der Waals surface area contributed by atoms with Gasteiger partial charge in [-0.15, -0.1) is 11.3 Å². The fraction of sp³-hybridized carbons (Fsp3) is 0.125. The number of carbonyl (C=O) groups is 1. The fourth-order valence-electron chi connectivity index (χ4n) is 2.13. The molecule has 2 aromatic carbocycles. The topological polar surface area (TPSA) is 68.0 Å². The molecule has 5 heteroatoms. The molecule has 0 bridgehead atoms. The summed E-state index contributed by atoms with van der Waals surface area (Å²) in [6.07, 6.45) is 0. The van der Waals surface area contributed by atoms with Gasteiger partial charge in [0.25, 0.3) is 5.91 Å². The van der Waals surface area contributed by atoms with Crippen molar-refractivity contribution in [3.05, 3.63) is 58.6 Å². The Labute approximate surface area is 126 Å². The van der Waals surface area contributed by atoms with E-state index in [-0.39, 0.29) is 5.91 Å². The Hall–Kier alpha value is -2.40. The molecule has 0 atom stereocenters. The Balaban J connectivity index is 1.74. The average Bonchev–Trinajstić information content (AvgIpc) is 2.90. The molecule has 3 rings (SSSR count). The average molecular weight is 297 g/mol. The summed E-state index contributed by atoms with van der Waals surface area (Å²) >= 11 is 1.59. The fourth-order valence-corrected chi connectivity index (χ4v) is 3.04. The third-order valence-corrected chi connectivity index (χ3v) is 4.28. The van der Waals surface area contributed by atoms with E-state index in [2.05, 4.69) is 10.3 Å². The van der Waals surface area contributed by atoms with Crippen LogP contribution in [-0.4, -0.2) is 10.9 Å². The molecular weight excluding hydrogens is 282 g/mol. The van der Waals surface area contributed by atoms with Crippen LogP contribution in [0, 0.1) is 6.92 Å². The third-order valence-electron chi connectivity index (χ3n) is 3.24. The first-order chi connectivity index (χ1) is 10.1. The van der Waals surface area contributed by atoms with Crippen LogP contribution in [0.2, 0.25) is 0 Å². The van der Waals surface area contributed by atoms with Gasteiger partial charge in [0.05, 0.1) is 16.8 Å². The van der Waals surface area contributed by atoms with Crippen molar-refractivity contribution < 1.29 is 4.79 Å². The number of benzene rings is 2. The van der Waals surface area contributed by atoms with Crippen molar-refractivity contribution in [1.82, 2.24) is 10.3 Å². The van der Waals surface area contributed by atoms with Gasteiger partial charge in [-0.3, -0.25) is 4.79 Å². The number of thiazole rings is 1. The molecule has 1 amide bonds. The van der Waals surface area contributed by atoms with Crippen LogP contribution in [0.1, 0.15) is 20.9 Å². The molecule has 0 aliphatic heterocycles. The lowest BCUT2D eigenvalue weighted by Crippen LogP contribution is -2.23. The molecule has 3 aromatic rings. The molecule has 0 fully saturated rings. The van der Waals surface area contributed by atoms with E-state index in [1.807, 2.05) is 37.3 Å². The summed E-state index contributed by atoms with van der Waals surface area (Å²) in [6.45, 7) is 2.32. The van der Waals surface area contributed by atoms with E-state index in [9.17, 15) is 4.79 Å². The highest BCUT2D eigenvalue weighted by atomic mass is 32.1. The van der Waals surface area contributed by atoms with Crippen LogP contribution in [0.3, 0.4) is 0 Å². The van der Waals surface area contributed by atoms with Gasteiger partial charge in [-0.05, 0) is 36.8 Å². The number of fused-ring (bicyclic) bond motifs is 1. The maximum absolute atomic E-state index is 12.2. The van der Waals surface area contributed by atoms with Crippen LogP contribution in [0.5, 0.6) is 0 Å². The Morgan fingerprint density at radius 3 is 2.90 bits per heavy atom. The smallest absolute Gasteiger partial charge is 0.251 e. The summed E-state index contributed by atoms with van der Waals surface area (Å²) in [5.41, 5.74) is 8.80. The van der Waals surface area contributed by atoms with Crippen molar-refractivity contribution in [3.63, 3.8) is 0 Å². The van der Waals surface area contributed by atoms with Gasteiger partial charge in [-0.1, -0.05) is 18.2 Å². The van der Waals surface area contributed by atoms with Gasteiger partial charge in [0, 0.05) is 11.3 Å². The molecule has 0 unspecified atom stereocenters. The number of hydrogen-bond donors (Lipinski definition) is 2. The number of amides is 1. The lowest BCUT2D eigenvalue weighted by Gasteiger charge is -2.07. The molecule has 0 aliphatic carbocycles. The van der Waals surface area contributed by atoms with E-state index in [0.717, 1.165) is 20.8 Å². The van der Waals surface area contributed by atoms with Crippen molar-refractivity contribution in [1.29, 1.82) is 0 Å². The normalized spacial score (nSPS) is 10.7. The van der Waals surface area contributed by atoms with Gasteiger partial charge in [-0.2, -0.15) is 0 Å². The minimum Gasteiger partial charge on any atom is -0.399 e. The van der Waals surface area contributed by atoms with Gasteiger partial charge in [0.15, 0.2) is 0 Å². The highest BCUT2D eigenvalue weighted by Gasteiger charge is 2.10. The summed E-state index contributed by atoms with van der Waals surface area (Å²) in [5, 5.41) is 3.79. The Morgan fingerprint density at radius 2 is 2.10 bits per heavy atom. The molecule has 4 nitrogen and oxygen atoms in total. The quantitative estimate of drug-likeness (QED) is 0.730. The molecule has 21 heavy (non-hydrogen) atoms. The number of aromatic nitrogens is 1. The van der Waals surface area contributed by atoms with Gasteiger partial charge in [0.2, 0.25) is 0 Å². The molecule has 3 N–H and O–H groups in total. The van der Waals surface area contributed by atoms with Gasteiger partial charge in [0.1, 0.15) is 5.01 Å². The largest absolute Gasteiger partial charge is 0.399 e. The Morgan fingerprint density at radius 1 is 1.29 bits per heavy atom. The zero-order valence-corrected chi connectivity index (χ0v) is 12.4. The summed E-state index contributed by atoms with van der Waals surface area (Å²) < 4.78 is 1.13. The number of anilines is 1.